The van der Waals surface area contributed by atoms with Crippen LogP contribution in [0.1, 0.15) is 5.56 Å². The van der Waals surface area contributed by atoms with Crippen LogP contribution in [0.25, 0.3) is 0 Å². The lowest BCUT2D eigenvalue weighted by Gasteiger charge is -2.08. The second-order valence-corrected chi connectivity index (χ2v) is 3.69. The molecule has 0 aliphatic heterocycles. The number of nitrogens with zero attached hydrogens (tertiary/aromatic N) is 1. The van der Waals surface area contributed by atoms with Crippen LogP contribution in [0.5, 0.6) is 0 Å². The Morgan fingerprint density at radius 1 is 1.33 bits per heavy atom. The van der Waals surface area contributed by atoms with Crippen molar-refractivity contribution in [3.05, 3.63) is 52.5 Å². The molecule has 0 atom stereocenters. The number of anilines is 2. The van der Waals surface area contributed by atoms with Gasteiger partial charge in [-0.15, -0.1) is 0 Å². The van der Waals surface area contributed by atoms with Gasteiger partial charge in [0.2, 0.25) is 0 Å². The van der Waals surface area contributed by atoms with Gasteiger partial charge in [-0.3, -0.25) is 10.1 Å². The SMILES string of the molecule is CNc1cccc(NCc2ccoc2)c1[N+](=O)[O-]. The standard InChI is InChI=1S/C12H13N3O3/c1-13-10-3-2-4-11(12(10)15(16)17)14-7-9-5-6-18-8-9/h2-6,8,13-14H,7H2,1H3. The smallest absolute Gasteiger partial charge is 0.315 e. The van der Waals surface area contributed by atoms with Crippen LogP contribution in [-0.4, -0.2) is 12.0 Å². The summed E-state index contributed by atoms with van der Waals surface area (Å²) >= 11 is 0. The van der Waals surface area contributed by atoms with Gasteiger partial charge in [-0.1, -0.05) is 6.07 Å². The molecular weight excluding hydrogens is 234 g/mol. The highest BCUT2D eigenvalue weighted by Crippen LogP contribution is 2.32. The lowest BCUT2D eigenvalue weighted by Crippen LogP contribution is -2.04. The molecule has 1 aromatic carbocycles. The first-order valence-electron chi connectivity index (χ1n) is 5.42. The molecule has 0 spiro atoms. The first-order valence-corrected chi connectivity index (χ1v) is 5.42. The molecule has 94 valence electrons. The summed E-state index contributed by atoms with van der Waals surface area (Å²) in [4.78, 5) is 10.7. The maximum Gasteiger partial charge on any atom is 0.315 e. The van der Waals surface area contributed by atoms with Crippen molar-refractivity contribution in [3.63, 3.8) is 0 Å². The fraction of sp³-hybridized carbons (Fsp3) is 0.167. The Kier molecular flexibility index (Phi) is 3.47. The molecule has 2 rings (SSSR count). The molecule has 0 amide bonds. The van der Waals surface area contributed by atoms with Crippen LogP contribution in [-0.2, 0) is 6.54 Å². The van der Waals surface area contributed by atoms with Crippen LogP contribution in [0.3, 0.4) is 0 Å². The lowest BCUT2D eigenvalue weighted by atomic mass is 10.2. The topological polar surface area (TPSA) is 80.3 Å². The summed E-state index contributed by atoms with van der Waals surface area (Å²) < 4.78 is 4.94. The van der Waals surface area contributed by atoms with Gasteiger partial charge in [0.15, 0.2) is 0 Å². The minimum absolute atomic E-state index is 0.0449. The predicted octanol–water partition coefficient (Wildman–Crippen LogP) is 2.84. The molecule has 18 heavy (non-hydrogen) atoms. The summed E-state index contributed by atoms with van der Waals surface area (Å²) in [6, 6.07) is 6.91. The number of nitro groups is 1. The number of nitrogens with one attached hydrogen (secondary N) is 2. The van der Waals surface area contributed by atoms with E-state index in [9.17, 15) is 10.1 Å². The van der Waals surface area contributed by atoms with E-state index in [0.717, 1.165) is 5.56 Å². The van der Waals surface area contributed by atoms with Crippen molar-refractivity contribution in [2.75, 3.05) is 17.7 Å². The number of hydrogen-bond donors (Lipinski definition) is 2. The number of nitro benzene ring substituents is 1. The number of benzene rings is 1. The van der Waals surface area contributed by atoms with E-state index in [1.165, 1.54) is 0 Å². The van der Waals surface area contributed by atoms with Crippen molar-refractivity contribution < 1.29 is 9.34 Å². The summed E-state index contributed by atoms with van der Waals surface area (Å²) in [6.07, 6.45) is 3.16. The van der Waals surface area contributed by atoms with Gasteiger partial charge < -0.3 is 15.1 Å². The van der Waals surface area contributed by atoms with Gasteiger partial charge in [-0.2, -0.15) is 0 Å². The molecule has 2 aromatic rings. The third kappa shape index (κ3) is 2.42. The second kappa shape index (κ2) is 5.22. The Balaban J connectivity index is 2.24. The zero-order valence-corrected chi connectivity index (χ0v) is 9.84. The Morgan fingerprint density at radius 3 is 2.72 bits per heavy atom. The third-order valence-electron chi connectivity index (χ3n) is 2.55. The Bertz CT molecular complexity index is 538. The molecule has 2 N–H and O–H groups in total. The van der Waals surface area contributed by atoms with Crippen LogP contribution in [0, 0.1) is 10.1 Å². The van der Waals surface area contributed by atoms with Gasteiger partial charge in [-0.05, 0) is 18.2 Å². The van der Waals surface area contributed by atoms with Crippen molar-refractivity contribution in [1.82, 2.24) is 0 Å². The second-order valence-electron chi connectivity index (χ2n) is 3.69. The molecule has 0 saturated carbocycles. The highest BCUT2D eigenvalue weighted by atomic mass is 16.6. The molecule has 0 aliphatic carbocycles. The molecule has 0 radical (unpaired) electrons. The monoisotopic (exact) mass is 247 g/mol. The molecule has 6 nitrogen and oxygen atoms in total. The normalized spacial score (nSPS) is 10.1. The minimum Gasteiger partial charge on any atom is -0.472 e. The molecule has 6 heteroatoms. The van der Waals surface area contributed by atoms with E-state index in [1.807, 2.05) is 0 Å². The van der Waals surface area contributed by atoms with Crippen LogP contribution in [0.15, 0.2) is 41.2 Å². The molecule has 1 heterocycles. The van der Waals surface area contributed by atoms with Gasteiger partial charge >= 0.3 is 5.69 Å². The molecule has 0 bridgehead atoms. The van der Waals surface area contributed by atoms with Crippen molar-refractivity contribution >= 4 is 17.1 Å². The quantitative estimate of drug-likeness (QED) is 0.627. The van der Waals surface area contributed by atoms with Gasteiger partial charge in [0, 0.05) is 19.2 Å². The van der Waals surface area contributed by atoms with Crippen LogP contribution in [0.2, 0.25) is 0 Å². The summed E-state index contributed by atoms with van der Waals surface area (Å²) in [6.45, 7) is 0.477. The summed E-state index contributed by atoms with van der Waals surface area (Å²) in [7, 11) is 1.65. The predicted molar refractivity (Wildman–Crippen MR) is 68.7 cm³/mol. The average molecular weight is 247 g/mol. The van der Waals surface area contributed by atoms with Gasteiger partial charge in [0.25, 0.3) is 0 Å². The van der Waals surface area contributed by atoms with Crippen LogP contribution >= 0.6 is 0 Å². The van der Waals surface area contributed by atoms with E-state index in [1.54, 1.807) is 43.8 Å². The van der Waals surface area contributed by atoms with E-state index in [-0.39, 0.29) is 5.69 Å². The van der Waals surface area contributed by atoms with E-state index in [2.05, 4.69) is 10.6 Å². The average Bonchev–Trinajstić information content (AvgIpc) is 2.88. The zero-order chi connectivity index (χ0) is 13.0. The molecule has 0 fully saturated rings. The van der Waals surface area contributed by atoms with Gasteiger partial charge in [0.05, 0.1) is 17.4 Å². The van der Waals surface area contributed by atoms with E-state index in [0.29, 0.717) is 17.9 Å². The number of hydrogen-bond acceptors (Lipinski definition) is 5. The first kappa shape index (κ1) is 12.0. The zero-order valence-electron chi connectivity index (χ0n) is 9.84. The summed E-state index contributed by atoms with van der Waals surface area (Å²) in [5.74, 6) is 0. The Morgan fingerprint density at radius 2 is 2.11 bits per heavy atom. The largest absolute Gasteiger partial charge is 0.472 e. The molecule has 1 aromatic heterocycles. The fourth-order valence-corrected chi connectivity index (χ4v) is 1.68. The number of rotatable bonds is 5. The highest BCUT2D eigenvalue weighted by molar-refractivity contribution is 5.75. The number of para-hydroxylation sites is 1. The molecule has 0 aliphatic rings. The van der Waals surface area contributed by atoms with Crippen LogP contribution < -0.4 is 10.6 Å². The molecule has 0 saturated heterocycles. The maximum absolute atomic E-state index is 11.1. The third-order valence-corrected chi connectivity index (χ3v) is 2.55. The van der Waals surface area contributed by atoms with Crippen molar-refractivity contribution in [2.45, 2.75) is 6.54 Å². The van der Waals surface area contributed by atoms with Crippen molar-refractivity contribution in [3.8, 4) is 0 Å². The van der Waals surface area contributed by atoms with Gasteiger partial charge in [0.1, 0.15) is 11.4 Å². The Hall–Kier alpha value is -2.50. The van der Waals surface area contributed by atoms with E-state index in [4.69, 9.17) is 4.42 Å². The van der Waals surface area contributed by atoms with E-state index >= 15 is 0 Å². The van der Waals surface area contributed by atoms with Gasteiger partial charge in [-0.25, -0.2) is 0 Å². The maximum atomic E-state index is 11.1. The summed E-state index contributed by atoms with van der Waals surface area (Å²) in [5, 5.41) is 16.9. The fourth-order valence-electron chi connectivity index (χ4n) is 1.68. The molecular formula is C12H13N3O3. The van der Waals surface area contributed by atoms with E-state index < -0.39 is 4.92 Å². The summed E-state index contributed by atoms with van der Waals surface area (Å²) in [5.41, 5.74) is 1.94. The van der Waals surface area contributed by atoms with Crippen molar-refractivity contribution in [1.29, 1.82) is 0 Å². The minimum atomic E-state index is -0.399. The lowest BCUT2D eigenvalue weighted by molar-refractivity contribution is -0.383. The highest BCUT2D eigenvalue weighted by Gasteiger charge is 2.18. The number of furan rings is 1. The first-order chi connectivity index (χ1) is 8.72. The van der Waals surface area contributed by atoms with Crippen molar-refractivity contribution in [2.24, 2.45) is 0 Å². The van der Waals surface area contributed by atoms with Crippen LogP contribution in [0.4, 0.5) is 17.1 Å². The Labute approximate surface area is 104 Å². The molecule has 0 unspecified atom stereocenters.